The summed E-state index contributed by atoms with van der Waals surface area (Å²) < 4.78 is 4.59. The Morgan fingerprint density at radius 2 is 1.77 bits per heavy atom. The number of hydrogen-bond donors (Lipinski definition) is 4. The number of carboxylic acid groups (broad SMARTS) is 1. The molecule has 0 aromatic carbocycles. The van der Waals surface area contributed by atoms with E-state index in [2.05, 4.69) is 4.74 Å². The minimum atomic E-state index is -1.57. The molecule has 0 radical (unpaired) electrons. The Hall–Kier alpha value is -0.690. The molecular weight excluding hydrogens is 180 g/mol. The van der Waals surface area contributed by atoms with E-state index in [1.165, 1.54) is 6.92 Å². The second-order valence-corrected chi connectivity index (χ2v) is 3.13. The predicted octanol–water partition coefficient (Wildman–Crippen LogP) is -1.85. The molecule has 6 heteroatoms. The lowest BCUT2D eigenvalue weighted by Crippen LogP contribution is -2.56. The third-order valence-electron chi connectivity index (χ3n) is 2.18. The number of carbonyl (C=O) groups is 1. The van der Waals surface area contributed by atoms with Crippen molar-refractivity contribution in [3.05, 3.63) is 0 Å². The van der Waals surface area contributed by atoms with E-state index in [9.17, 15) is 15.0 Å². The van der Waals surface area contributed by atoms with Crippen LogP contribution in [0.1, 0.15) is 6.92 Å². The maximum Gasteiger partial charge on any atom is 0.335 e. The van der Waals surface area contributed by atoms with E-state index >= 15 is 0 Å². The van der Waals surface area contributed by atoms with Crippen molar-refractivity contribution < 1.29 is 30.0 Å². The van der Waals surface area contributed by atoms with Crippen molar-refractivity contribution in [3.8, 4) is 0 Å². The van der Waals surface area contributed by atoms with Gasteiger partial charge in [-0.2, -0.15) is 0 Å². The van der Waals surface area contributed by atoms with Crippen molar-refractivity contribution >= 4 is 5.97 Å². The van der Waals surface area contributed by atoms with Crippen LogP contribution in [0, 0.1) is 5.92 Å². The molecule has 3 unspecified atom stereocenters. The fourth-order valence-electron chi connectivity index (χ4n) is 1.22. The van der Waals surface area contributed by atoms with E-state index in [1.54, 1.807) is 0 Å². The molecule has 1 fully saturated rings. The summed E-state index contributed by atoms with van der Waals surface area (Å²) in [6.45, 7) is 1.45. The van der Waals surface area contributed by atoms with Crippen LogP contribution < -0.4 is 0 Å². The van der Waals surface area contributed by atoms with Gasteiger partial charge in [0.2, 0.25) is 0 Å². The Morgan fingerprint density at radius 3 is 2.23 bits per heavy atom. The Kier molecular flexibility index (Phi) is 2.87. The molecule has 1 saturated heterocycles. The Morgan fingerprint density at radius 1 is 1.23 bits per heavy atom. The van der Waals surface area contributed by atoms with Gasteiger partial charge in [-0.15, -0.1) is 0 Å². The van der Waals surface area contributed by atoms with Gasteiger partial charge < -0.3 is 25.2 Å². The van der Waals surface area contributed by atoms with Gasteiger partial charge in [0.25, 0.3) is 0 Å². The molecule has 6 nitrogen and oxygen atoms in total. The van der Waals surface area contributed by atoms with Crippen molar-refractivity contribution in [1.29, 1.82) is 0 Å². The average molecular weight is 192 g/mol. The maximum absolute atomic E-state index is 10.5. The highest BCUT2D eigenvalue weighted by molar-refractivity contribution is 5.73. The minimum absolute atomic E-state index is 0.703. The zero-order valence-corrected chi connectivity index (χ0v) is 6.99. The zero-order chi connectivity index (χ0) is 10.2. The first kappa shape index (κ1) is 10.4. The van der Waals surface area contributed by atoms with Gasteiger partial charge in [-0.1, -0.05) is 6.92 Å². The molecule has 1 heterocycles. The lowest BCUT2D eigenvalue weighted by molar-refractivity contribution is -0.260. The molecule has 1 aliphatic rings. The standard InChI is InChI=1S/C7H12O6/c1-2-3(8)4(9)5(6(10)11)13-7(2)12/h2-5,7-9,12H,1H3,(H,10,11)/t2?,3-,4-,5?,7?/m1/s1. The molecule has 5 atom stereocenters. The van der Waals surface area contributed by atoms with Crippen LogP contribution in [0.25, 0.3) is 0 Å². The normalized spacial score (nSPS) is 46.0. The summed E-state index contributed by atoms with van der Waals surface area (Å²) in [5, 5.41) is 36.2. The Balaban J connectivity index is 2.76. The highest BCUT2D eigenvalue weighted by Crippen LogP contribution is 2.24. The van der Waals surface area contributed by atoms with Crippen LogP contribution in [0.15, 0.2) is 0 Å². The summed E-state index contributed by atoms with van der Waals surface area (Å²) in [6.07, 6.45) is -5.72. The van der Waals surface area contributed by atoms with E-state index in [-0.39, 0.29) is 0 Å². The predicted molar refractivity (Wildman–Crippen MR) is 39.7 cm³/mol. The number of aliphatic hydroxyl groups excluding tert-OH is 3. The number of aliphatic hydroxyl groups is 3. The molecule has 13 heavy (non-hydrogen) atoms. The molecule has 1 aliphatic heterocycles. The maximum atomic E-state index is 10.5. The summed E-state index contributed by atoms with van der Waals surface area (Å²) in [5.74, 6) is -2.11. The fourth-order valence-corrected chi connectivity index (χ4v) is 1.22. The first-order valence-electron chi connectivity index (χ1n) is 3.87. The topological polar surface area (TPSA) is 107 Å². The molecule has 1 rings (SSSR count). The molecule has 76 valence electrons. The Labute approximate surface area is 74.4 Å². The highest BCUT2D eigenvalue weighted by Gasteiger charge is 2.44. The van der Waals surface area contributed by atoms with Gasteiger partial charge in [0, 0.05) is 5.92 Å². The van der Waals surface area contributed by atoms with Crippen LogP contribution in [-0.2, 0) is 9.53 Å². The molecule has 0 aromatic heterocycles. The van der Waals surface area contributed by atoms with E-state index in [0.29, 0.717) is 0 Å². The Bertz CT molecular complexity index is 205. The number of carboxylic acids is 1. The van der Waals surface area contributed by atoms with Gasteiger partial charge in [-0.05, 0) is 0 Å². The number of aliphatic carboxylic acids is 1. The molecule has 0 saturated carbocycles. The molecule has 0 amide bonds. The fraction of sp³-hybridized carbons (Fsp3) is 0.857. The smallest absolute Gasteiger partial charge is 0.335 e. The third kappa shape index (κ3) is 1.80. The molecule has 0 bridgehead atoms. The van der Waals surface area contributed by atoms with Gasteiger partial charge in [0.15, 0.2) is 12.4 Å². The largest absolute Gasteiger partial charge is 0.479 e. The first-order chi connectivity index (χ1) is 5.95. The van der Waals surface area contributed by atoms with Gasteiger partial charge in [-0.25, -0.2) is 4.79 Å². The first-order valence-corrected chi connectivity index (χ1v) is 3.87. The van der Waals surface area contributed by atoms with Crippen LogP contribution in [0.4, 0.5) is 0 Å². The summed E-state index contributed by atoms with van der Waals surface area (Å²) in [4.78, 5) is 10.5. The second kappa shape index (κ2) is 3.59. The van der Waals surface area contributed by atoms with E-state index in [1.807, 2.05) is 0 Å². The van der Waals surface area contributed by atoms with E-state index in [0.717, 1.165) is 0 Å². The van der Waals surface area contributed by atoms with E-state index < -0.39 is 36.5 Å². The van der Waals surface area contributed by atoms with Gasteiger partial charge in [0.05, 0.1) is 6.10 Å². The average Bonchev–Trinajstić information content (AvgIpc) is 2.07. The molecule has 4 N–H and O–H groups in total. The molecular formula is C7H12O6. The number of hydrogen-bond acceptors (Lipinski definition) is 5. The number of rotatable bonds is 1. The lowest BCUT2D eigenvalue weighted by atomic mass is 9.92. The number of ether oxygens (including phenoxy) is 1. The molecule has 0 aliphatic carbocycles. The van der Waals surface area contributed by atoms with Crippen molar-refractivity contribution in [2.45, 2.75) is 31.5 Å². The van der Waals surface area contributed by atoms with Crippen LogP contribution in [-0.4, -0.2) is 51.0 Å². The molecule has 0 aromatic rings. The third-order valence-corrected chi connectivity index (χ3v) is 2.18. The minimum Gasteiger partial charge on any atom is -0.479 e. The second-order valence-electron chi connectivity index (χ2n) is 3.13. The van der Waals surface area contributed by atoms with Crippen molar-refractivity contribution in [1.82, 2.24) is 0 Å². The van der Waals surface area contributed by atoms with Crippen LogP contribution >= 0.6 is 0 Å². The van der Waals surface area contributed by atoms with Crippen LogP contribution in [0.3, 0.4) is 0 Å². The molecule has 0 spiro atoms. The zero-order valence-electron chi connectivity index (χ0n) is 6.99. The summed E-state index contributed by atoms with van der Waals surface area (Å²) >= 11 is 0. The quantitative estimate of drug-likeness (QED) is 0.388. The van der Waals surface area contributed by atoms with E-state index in [4.69, 9.17) is 10.2 Å². The van der Waals surface area contributed by atoms with Crippen LogP contribution in [0.2, 0.25) is 0 Å². The van der Waals surface area contributed by atoms with Crippen molar-refractivity contribution in [2.24, 2.45) is 5.92 Å². The summed E-state index contributed by atoms with van der Waals surface area (Å²) in [6, 6.07) is 0. The van der Waals surface area contributed by atoms with Crippen molar-refractivity contribution in [2.75, 3.05) is 0 Å². The van der Waals surface area contributed by atoms with Crippen molar-refractivity contribution in [3.63, 3.8) is 0 Å². The SMILES string of the molecule is CC1C(O)OC(C(=O)O)[C@H](O)[C@@H]1O. The monoisotopic (exact) mass is 192 g/mol. The van der Waals surface area contributed by atoms with Crippen LogP contribution in [0.5, 0.6) is 0 Å². The summed E-state index contributed by atoms with van der Waals surface area (Å²) in [7, 11) is 0. The highest BCUT2D eigenvalue weighted by atomic mass is 16.6. The summed E-state index contributed by atoms with van der Waals surface area (Å²) in [5.41, 5.74) is 0. The van der Waals surface area contributed by atoms with Gasteiger partial charge >= 0.3 is 5.97 Å². The van der Waals surface area contributed by atoms with Gasteiger partial charge in [0.1, 0.15) is 6.10 Å². The lowest BCUT2D eigenvalue weighted by Gasteiger charge is -2.37. The van der Waals surface area contributed by atoms with Gasteiger partial charge in [-0.3, -0.25) is 0 Å².